The highest BCUT2D eigenvalue weighted by atomic mass is 35.5. The molecule has 3 aromatic carbocycles. The zero-order valence-corrected chi connectivity index (χ0v) is 42.7. The summed E-state index contributed by atoms with van der Waals surface area (Å²) in [5.74, 6) is -2.23. The molecular weight excluding hydrogens is 1000 g/mol. The Balaban J connectivity index is 0.000000231. The normalized spacial score (nSPS) is 14.1. The van der Waals surface area contributed by atoms with E-state index in [2.05, 4.69) is 20.8 Å². The van der Waals surface area contributed by atoms with Crippen molar-refractivity contribution in [2.75, 3.05) is 10.6 Å². The third-order valence-electron chi connectivity index (χ3n) is 10.9. The minimum absolute atomic E-state index is 0.0137. The van der Waals surface area contributed by atoms with Crippen LogP contribution in [0.4, 0.5) is 25.0 Å². The summed E-state index contributed by atoms with van der Waals surface area (Å²) in [4.78, 5) is 39.9. The van der Waals surface area contributed by atoms with Crippen molar-refractivity contribution < 1.29 is 66.9 Å². The van der Waals surface area contributed by atoms with Crippen LogP contribution < -0.4 is 10.6 Å². The number of anilines is 2. The number of halogens is 4. The van der Waals surface area contributed by atoms with Crippen molar-refractivity contribution in [2.24, 2.45) is 0 Å². The predicted octanol–water partition coefficient (Wildman–Crippen LogP) is 8.95. The number of oxazole rings is 1. The number of nitrogens with one attached hydrogen (secondary N) is 2. The molecule has 0 radical (unpaired) electrons. The van der Waals surface area contributed by atoms with Gasteiger partial charge in [0.1, 0.15) is 21.5 Å². The number of aliphatic carboxylic acids is 1. The molecule has 6 rings (SSSR count). The molecule has 0 atom stereocenters. The van der Waals surface area contributed by atoms with Crippen molar-refractivity contribution in [1.82, 2.24) is 10.1 Å². The number of carbonyl (C=O) groups excluding carboxylic acids is 2. The van der Waals surface area contributed by atoms with Gasteiger partial charge in [0.25, 0.3) is 0 Å². The largest absolute Gasteiger partial charge is 0.480 e. The number of alkyl halides is 3. The lowest BCUT2D eigenvalue weighted by Crippen LogP contribution is -2.44. The molecule has 2 heterocycles. The number of carboxylic acids is 1. The fraction of sp³-hybridized carbons (Fsp3) is 0.391. The fourth-order valence-electron chi connectivity index (χ4n) is 5.82. The number of rotatable bonds is 11. The number of nitriles is 1. The average Bonchev–Trinajstić information content (AvgIpc) is 3.73. The van der Waals surface area contributed by atoms with Gasteiger partial charge in [-0.15, -0.1) is 0 Å². The Morgan fingerprint density at radius 3 is 1.69 bits per heavy atom. The van der Waals surface area contributed by atoms with E-state index < -0.39 is 78.2 Å². The van der Waals surface area contributed by atoms with Crippen molar-refractivity contribution in [1.29, 1.82) is 5.26 Å². The Kier molecular flexibility index (Phi) is 16.1. The second-order valence-corrected chi connectivity index (χ2v) is 26.7. The summed E-state index contributed by atoms with van der Waals surface area (Å²) in [6.07, 6.45) is -3.17. The summed E-state index contributed by atoms with van der Waals surface area (Å²) >= 11 is 5.79. The van der Waals surface area contributed by atoms with Crippen LogP contribution in [0.1, 0.15) is 105 Å². The number of hydrogen-bond acceptors (Lipinski definition) is 14. The van der Waals surface area contributed by atoms with Crippen LogP contribution >= 0.6 is 11.6 Å². The number of carbonyl (C=O) groups is 3. The first-order valence-electron chi connectivity index (χ1n) is 20.8. The molecule has 17 nitrogen and oxygen atoms in total. The highest BCUT2D eigenvalue weighted by Gasteiger charge is 2.61. The van der Waals surface area contributed by atoms with Gasteiger partial charge in [0.15, 0.2) is 40.1 Å². The molecule has 378 valence electrons. The Morgan fingerprint density at radius 1 is 0.729 bits per heavy atom. The fourth-order valence-corrected chi connectivity index (χ4v) is 10.6. The first kappa shape index (κ1) is 56.5. The van der Waals surface area contributed by atoms with Crippen LogP contribution in [0, 0.1) is 11.3 Å². The summed E-state index contributed by atoms with van der Waals surface area (Å²) in [7, 11) is -12.1. The summed E-state index contributed by atoms with van der Waals surface area (Å²) in [5.41, 5.74) is -0.673. The number of sulfone groups is 3. The second-order valence-electron chi connectivity index (χ2n) is 19.0. The smallest absolute Gasteiger partial charge is 0.416 e. The lowest BCUT2D eigenvalue weighted by molar-refractivity contribution is -0.138. The zero-order chi connectivity index (χ0) is 53.3. The van der Waals surface area contributed by atoms with E-state index in [0.29, 0.717) is 28.6 Å². The maximum absolute atomic E-state index is 12.9. The first-order valence-corrected chi connectivity index (χ1v) is 25.7. The van der Waals surface area contributed by atoms with E-state index in [1.807, 2.05) is 47.6 Å². The molecule has 1 saturated carbocycles. The number of benzene rings is 3. The molecular formula is C46H51ClF3N5O12S3. The maximum atomic E-state index is 12.9. The minimum atomic E-state index is -4.56. The quantitative estimate of drug-likeness (QED) is 0.111. The van der Waals surface area contributed by atoms with Gasteiger partial charge in [-0.1, -0.05) is 64.4 Å². The molecule has 70 heavy (non-hydrogen) atoms. The van der Waals surface area contributed by atoms with Crippen LogP contribution in [-0.4, -0.2) is 72.5 Å². The third kappa shape index (κ3) is 12.1. The lowest BCUT2D eigenvalue weighted by Gasteiger charge is -2.23. The van der Waals surface area contributed by atoms with Crippen molar-refractivity contribution in [3.63, 3.8) is 0 Å². The van der Waals surface area contributed by atoms with Gasteiger partial charge < -0.3 is 19.4 Å². The molecule has 1 aliphatic rings. The molecule has 2 amide bonds. The molecule has 24 heteroatoms. The molecule has 5 aromatic rings. The highest BCUT2D eigenvalue weighted by Crippen LogP contribution is 2.47. The average molecular weight is 1050 g/mol. The lowest BCUT2D eigenvalue weighted by atomic mass is 9.93. The van der Waals surface area contributed by atoms with Gasteiger partial charge in [-0.3, -0.25) is 19.7 Å². The van der Waals surface area contributed by atoms with E-state index in [0.717, 1.165) is 12.1 Å². The van der Waals surface area contributed by atoms with Gasteiger partial charge in [0.05, 0.1) is 37.6 Å². The van der Waals surface area contributed by atoms with Gasteiger partial charge >= 0.3 is 18.2 Å². The molecule has 2 aromatic heterocycles. The van der Waals surface area contributed by atoms with Crippen molar-refractivity contribution in [3.05, 3.63) is 113 Å². The van der Waals surface area contributed by atoms with Gasteiger partial charge in [0.2, 0.25) is 11.8 Å². The summed E-state index contributed by atoms with van der Waals surface area (Å²) in [6, 6.07) is 17.5. The molecule has 3 N–H and O–H groups in total. The summed E-state index contributed by atoms with van der Waals surface area (Å²) < 4.78 is 118. The maximum Gasteiger partial charge on any atom is 0.416 e. The molecule has 0 saturated heterocycles. The van der Waals surface area contributed by atoms with Gasteiger partial charge in [-0.2, -0.15) is 23.4 Å². The van der Waals surface area contributed by atoms with Gasteiger partial charge in [-0.05, 0) is 107 Å². The van der Waals surface area contributed by atoms with Crippen LogP contribution in [0.3, 0.4) is 0 Å². The first-order chi connectivity index (χ1) is 31.9. The number of carboxylic acid groups (broad SMARTS) is 1. The van der Waals surface area contributed by atoms with Crippen LogP contribution in [0.2, 0.25) is 5.02 Å². The number of nitrogens with zero attached hydrogens (tertiary/aromatic N) is 3. The second kappa shape index (κ2) is 20.0. The van der Waals surface area contributed by atoms with E-state index in [1.165, 1.54) is 82.5 Å². The van der Waals surface area contributed by atoms with Crippen molar-refractivity contribution >= 4 is 70.7 Å². The van der Waals surface area contributed by atoms with Crippen LogP contribution in [-0.2, 0) is 60.9 Å². The number of hydrogen-bond donors (Lipinski definition) is 3. The van der Waals surface area contributed by atoms with Crippen molar-refractivity contribution in [3.8, 4) is 6.07 Å². The SMILES string of the molecule is CC(C)(C)c1cc(NC(=O)C(C)(C)S(=O)(=O)c2cccc(C#N)c2)no1.CC(C)(C)c1coc(NC(=O)C(C)(C)S(=O)(=O)c2ccc(Cl)cc2)n1.O=C(O)C1(S(=O)(=O)c2ccc(C(F)(F)F)cc2)CC1. The van der Waals surface area contributed by atoms with E-state index in [-0.39, 0.29) is 50.9 Å². The zero-order valence-electron chi connectivity index (χ0n) is 39.5. The summed E-state index contributed by atoms with van der Waals surface area (Å²) in [6.45, 7) is 16.9. The molecule has 1 aliphatic carbocycles. The molecule has 0 unspecified atom stereocenters. The van der Waals surface area contributed by atoms with Gasteiger partial charge in [0, 0.05) is 21.9 Å². The van der Waals surface area contributed by atoms with Crippen LogP contribution in [0.5, 0.6) is 0 Å². The number of aromatic nitrogens is 2. The van der Waals surface area contributed by atoms with Crippen LogP contribution in [0.15, 0.2) is 109 Å². The van der Waals surface area contributed by atoms with E-state index in [4.69, 9.17) is 30.9 Å². The number of amides is 2. The van der Waals surface area contributed by atoms with Crippen molar-refractivity contribution in [2.45, 2.75) is 128 Å². The summed E-state index contributed by atoms with van der Waals surface area (Å²) in [5, 5.41) is 27.0. The van der Waals surface area contributed by atoms with Crippen LogP contribution in [0.25, 0.3) is 0 Å². The Bertz CT molecular complexity index is 3140. The third-order valence-corrected chi connectivity index (χ3v) is 18.5. The highest BCUT2D eigenvalue weighted by molar-refractivity contribution is 7.94. The molecule has 0 aliphatic heterocycles. The van der Waals surface area contributed by atoms with Gasteiger partial charge in [-0.25, -0.2) is 25.3 Å². The predicted molar refractivity (Wildman–Crippen MR) is 251 cm³/mol. The standard InChI is InChI=1S/C18H21N3O4S.C17H21ClN2O4S.C11H9F3O4S/c1-17(2,3)14-10-15(21-25-14)20-16(22)18(4,5)26(23,24)13-8-6-7-12(9-13)11-19;1-16(2,3)13-10-24-15(19-13)20-14(21)17(4,5)25(22,23)12-8-6-11(18)7-9-12;12-11(13,14)7-1-3-8(4-2-7)19(17,18)10(5-6-10)9(15)16/h6-10H,1-5H3,(H,20,21,22);6-10H,1-5H3,(H,19,20,21);1-4H,5-6H2,(H,15,16). The van der Waals surface area contributed by atoms with E-state index >= 15 is 0 Å². The Hall–Kier alpha value is -6.09. The Morgan fingerprint density at radius 2 is 1.24 bits per heavy atom. The topological polar surface area (TPSA) is 274 Å². The minimum Gasteiger partial charge on any atom is -0.480 e. The molecule has 0 spiro atoms. The molecule has 0 bridgehead atoms. The van der Waals surface area contributed by atoms with E-state index in [1.54, 1.807) is 6.07 Å². The molecule has 1 fully saturated rings. The Labute approximate surface area is 408 Å². The van der Waals surface area contributed by atoms with E-state index in [9.17, 15) is 52.8 Å². The monoisotopic (exact) mass is 1050 g/mol.